The number of hydrogen-bond donors (Lipinski definition) is 5. The fourth-order valence-corrected chi connectivity index (χ4v) is 3.75. The second-order valence-corrected chi connectivity index (χ2v) is 8.61. The van der Waals surface area contributed by atoms with Crippen molar-refractivity contribution in [3.8, 4) is 0 Å². The number of carbonyl (C=O) groups is 1. The van der Waals surface area contributed by atoms with E-state index < -0.39 is 48.1 Å². The van der Waals surface area contributed by atoms with Crippen LogP contribution in [0, 0.1) is 12.7 Å². The van der Waals surface area contributed by atoms with Crippen LogP contribution in [-0.4, -0.2) is 32.7 Å². The number of halogens is 4. The number of aryl methyl sites for hydroxylation is 1. The molecule has 9 nitrogen and oxygen atoms in total. The second-order valence-electron chi connectivity index (χ2n) is 7.04. The van der Waals surface area contributed by atoms with E-state index in [1.165, 1.54) is 25.2 Å². The fourth-order valence-electron chi connectivity index (χ4n) is 2.93. The van der Waals surface area contributed by atoms with Gasteiger partial charge in [0.1, 0.15) is 17.2 Å². The first-order valence-electron chi connectivity index (χ1n) is 9.46. The Hall–Kier alpha value is -3.54. The molecule has 1 aromatic heterocycles. The zero-order chi connectivity index (χ0) is 25.3. The summed E-state index contributed by atoms with van der Waals surface area (Å²) in [6.07, 6.45) is -4.43. The second kappa shape index (κ2) is 9.37. The van der Waals surface area contributed by atoms with Gasteiger partial charge in [-0.3, -0.25) is 9.36 Å². The maximum absolute atomic E-state index is 13.6. The van der Waals surface area contributed by atoms with Gasteiger partial charge in [0.25, 0.3) is 5.91 Å². The third kappa shape index (κ3) is 5.68. The zero-order valence-corrected chi connectivity index (χ0v) is 18.5. The number of anilines is 4. The molecule has 180 valence electrons. The quantitative estimate of drug-likeness (QED) is 0.257. The van der Waals surface area contributed by atoms with Gasteiger partial charge in [0.05, 0.1) is 22.2 Å². The first-order valence-corrected chi connectivity index (χ1v) is 11.1. The summed E-state index contributed by atoms with van der Waals surface area (Å²) in [5, 5.41) is 6.75. The predicted molar refractivity (Wildman–Crippen MR) is 116 cm³/mol. The summed E-state index contributed by atoms with van der Waals surface area (Å²) in [7, 11) is -3.47. The SMILES string of the molecule is CNC(=O)c1cc(F)ccc1Nc1nc(Nc2ccc(C)cc2P(=O)(O)O)ncc1C(F)(F)F. The molecule has 34 heavy (non-hydrogen) atoms. The summed E-state index contributed by atoms with van der Waals surface area (Å²) in [5.74, 6) is -2.73. The summed E-state index contributed by atoms with van der Waals surface area (Å²) >= 11 is 0. The highest BCUT2D eigenvalue weighted by Gasteiger charge is 2.36. The standard InChI is InChI=1S/C20H18F4N5O4P/c1-10-3-5-15(16(7-10)34(31,32)33)28-19-26-9-13(20(22,23)24)17(29-19)27-14-6-4-11(21)8-12(14)18(30)25-2/h3-9H,1-2H3,(H,25,30)(H2,31,32,33)(H2,26,27,28,29). The number of alkyl halides is 3. The highest BCUT2D eigenvalue weighted by molar-refractivity contribution is 7.60. The van der Waals surface area contributed by atoms with Crippen LogP contribution < -0.4 is 21.3 Å². The van der Waals surface area contributed by atoms with Crippen LogP contribution in [0.25, 0.3) is 0 Å². The lowest BCUT2D eigenvalue weighted by Crippen LogP contribution is -2.20. The van der Waals surface area contributed by atoms with Gasteiger partial charge in [-0.25, -0.2) is 9.37 Å². The van der Waals surface area contributed by atoms with Gasteiger partial charge in [-0.2, -0.15) is 18.2 Å². The van der Waals surface area contributed by atoms with Crippen LogP contribution in [0.4, 0.5) is 40.7 Å². The highest BCUT2D eigenvalue weighted by atomic mass is 31.2. The van der Waals surface area contributed by atoms with Crippen molar-refractivity contribution in [3.63, 3.8) is 0 Å². The molecule has 3 rings (SSSR count). The monoisotopic (exact) mass is 499 g/mol. The molecule has 0 atom stereocenters. The molecule has 5 N–H and O–H groups in total. The van der Waals surface area contributed by atoms with Crippen LogP contribution in [0.2, 0.25) is 0 Å². The van der Waals surface area contributed by atoms with Crippen LogP contribution in [0.1, 0.15) is 21.5 Å². The number of aromatic nitrogens is 2. The number of benzene rings is 2. The van der Waals surface area contributed by atoms with Crippen molar-refractivity contribution >= 4 is 41.9 Å². The van der Waals surface area contributed by atoms with E-state index in [1.54, 1.807) is 6.92 Å². The number of carbonyl (C=O) groups excluding carboxylic acids is 1. The molecule has 0 radical (unpaired) electrons. The Morgan fingerprint density at radius 2 is 1.74 bits per heavy atom. The van der Waals surface area contributed by atoms with Gasteiger partial charge in [0.15, 0.2) is 0 Å². The van der Waals surface area contributed by atoms with Crippen molar-refractivity contribution in [1.82, 2.24) is 15.3 Å². The maximum Gasteiger partial charge on any atom is 0.421 e. The van der Waals surface area contributed by atoms with E-state index in [1.807, 2.05) is 0 Å². The van der Waals surface area contributed by atoms with Crippen LogP contribution in [0.5, 0.6) is 0 Å². The van der Waals surface area contributed by atoms with Gasteiger partial charge in [-0.15, -0.1) is 0 Å². The van der Waals surface area contributed by atoms with Crippen molar-refractivity contribution in [3.05, 3.63) is 65.1 Å². The van der Waals surface area contributed by atoms with Crippen LogP contribution in [0.15, 0.2) is 42.6 Å². The summed E-state index contributed by atoms with van der Waals surface area (Å²) in [6.45, 7) is 1.60. The first-order chi connectivity index (χ1) is 15.8. The molecule has 1 heterocycles. The van der Waals surface area contributed by atoms with Crippen LogP contribution >= 0.6 is 7.60 Å². The fraction of sp³-hybridized carbons (Fsp3) is 0.150. The van der Waals surface area contributed by atoms with E-state index in [4.69, 9.17) is 0 Å². The Morgan fingerprint density at radius 3 is 2.35 bits per heavy atom. The van der Waals surface area contributed by atoms with Gasteiger partial charge in [0.2, 0.25) is 5.95 Å². The highest BCUT2D eigenvalue weighted by Crippen LogP contribution is 2.39. The Labute approximate surface area is 190 Å². The molecule has 0 aliphatic carbocycles. The largest absolute Gasteiger partial charge is 0.421 e. The molecular weight excluding hydrogens is 481 g/mol. The van der Waals surface area contributed by atoms with Crippen molar-refractivity contribution in [2.24, 2.45) is 0 Å². The van der Waals surface area contributed by atoms with Gasteiger partial charge in [-0.1, -0.05) is 11.6 Å². The third-order valence-electron chi connectivity index (χ3n) is 4.51. The topological polar surface area (TPSA) is 136 Å². The zero-order valence-electron chi connectivity index (χ0n) is 17.6. The van der Waals surface area contributed by atoms with Gasteiger partial charge in [-0.05, 0) is 37.3 Å². The van der Waals surface area contributed by atoms with E-state index in [-0.39, 0.29) is 16.9 Å². The Morgan fingerprint density at radius 1 is 1.06 bits per heavy atom. The lowest BCUT2D eigenvalue weighted by atomic mass is 10.1. The minimum atomic E-state index is -4.89. The molecule has 2 aromatic carbocycles. The summed E-state index contributed by atoms with van der Waals surface area (Å²) < 4.78 is 66.2. The molecule has 0 aliphatic rings. The lowest BCUT2D eigenvalue weighted by molar-refractivity contribution is -0.137. The van der Waals surface area contributed by atoms with Crippen LogP contribution in [-0.2, 0) is 10.7 Å². The molecule has 0 aliphatic heterocycles. The molecular formula is C20H18F4N5O4P. The minimum Gasteiger partial charge on any atom is -0.355 e. The average molecular weight is 499 g/mol. The Bertz CT molecular complexity index is 1300. The van der Waals surface area contributed by atoms with E-state index in [9.17, 15) is 36.7 Å². The van der Waals surface area contributed by atoms with Crippen molar-refractivity contribution in [1.29, 1.82) is 0 Å². The van der Waals surface area contributed by atoms with E-state index in [0.717, 1.165) is 18.2 Å². The molecule has 1 amide bonds. The van der Waals surface area contributed by atoms with Gasteiger partial charge >= 0.3 is 13.8 Å². The average Bonchev–Trinajstić information content (AvgIpc) is 2.74. The third-order valence-corrected chi connectivity index (χ3v) is 5.51. The van der Waals surface area contributed by atoms with Crippen molar-refractivity contribution in [2.75, 3.05) is 17.7 Å². The number of nitrogens with zero attached hydrogens (tertiary/aromatic N) is 2. The van der Waals surface area contributed by atoms with Crippen molar-refractivity contribution < 1.29 is 36.7 Å². The molecule has 0 saturated heterocycles. The number of amides is 1. The molecule has 0 fully saturated rings. The van der Waals surface area contributed by atoms with Crippen LogP contribution in [0.3, 0.4) is 0 Å². The molecule has 0 saturated carbocycles. The molecule has 0 bridgehead atoms. The van der Waals surface area contributed by atoms with Gasteiger partial charge in [0, 0.05) is 13.2 Å². The molecule has 14 heteroatoms. The predicted octanol–water partition coefficient (Wildman–Crippen LogP) is 3.59. The summed E-state index contributed by atoms with van der Waals surface area (Å²) in [6, 6.07) is 6.93. The summed E-state index contributed by atoms with van der Waals surface area (Å²) in [5.41, 5.74) is -1.30. The number of rotatable bonds is 6. The summed E-state index contributed by atoms with van der Waals surface area (Å²) in [4.78, 5) is 38.7. The number of hydrogen-bond acceptors (Lipinski definition) is 6. The minimum absolute atomic E-state index is 0.113. The molecule has 0 spiro atoms. The normalized spacial score (nSPS) is 11.8. The van der Waals surface area contributed by atoms with Crippen molar-refractivity contribution in [2.45, 2.75) is 13.1 Å². The Kier molecular flexibility index (Phi) is 6.92. The molecule has 3 aromatic rings. The van der Waals surface area contributed by atoms with E-state index in [2.05, 4.69) is 25.9 Å². The Balaban J connectivity index is 2.08. The lowest BCUT2D eigenvalue weighted by Gasteiger charge is -2.17. The maximum atomic E-state index is 13.6. The number of nitrogens with one attached hydrogen (secondary N) is 3. The van der Waals surface area contributed by atoms with E-state index in [0.29, 0.717) is 11.8 Å². The molecule has 0 unspecified atom stereocenters. The first kappa shape index (κ1) is 25.1. The smallest absolute Gasteiger partial charge is 0.355 e. The van der Waals surface area contributed by atoms with E-state index >= 15 is 0 Å². The van der Waals surface area contributed by atoms with Gasteiger partial charge < -0.3 is 25.7 Å².